The molecule has 3 rings (SSSR count). The Morgan fingerprint density at radius 3 is 2.54 bits per heavy atom. The Balaban J connectivity index is 1.67. The molecule has 134 valence electrons. The lowest BCUT2D eigenvalue weighted by Crippen LogP contribution is -2.17. The zero-order valence-electron chi connectivity index (χ0n) is 15.3. The summed E-state index contributed by atoms with van der Waals surface area (Å²) < 4.78 is 0. The van der Waals surface area contributed by atoms with Crippen molar-refractivity contribution in [3.8, 4) is 0 Å². The number of aryl methyl sites for hydroxylation is 2. The van der Waals surface area contributed by atoms with Gasteiger partial charge in [0.1, 0.15) is 0 Å². The second kappa shape index (κ2) is 7.44. The van der Waals surface area contributed by atoms with Crippen molar-refractivity contribution in [3.05, 3.63) is 70.0 Å². The third kappa shape index (κ3) is 3.94. The summed E-state index contributed by atoms with van der Waals surface area (Å²) >= 11 is 0. The van der Waals surface area contributed by atoms with Crippen molar-refractivity contribution >= 4 is 28.2 Å². The highest BCUT2D eigenvalue weighted by Crippen LogP contribution is 2.17. The lowest BCUT2D eigenvalue weighted by Gasteiger charge is -2.13. The van der Waals surface area contributed by atoms with E-state index in [9.17, 15) is 9.59 Å². The molecule has 0 bridgehead atoms. The first kappa shape index (κ1) is 17.7. The summed E-state index contributed by atoms with van der Waals surface area (Å²) in [5, 5.41) is 3.86. The van der Waals surface area contributed by atoms with Crippen molar-refractivity contribution in [2.24, 2.45) is 0 Å². The van der Waals surface area contributed by atoms with Gasteiger partial charge in [0.2, 0.25) is 5.91 Å². The third-order valence-electron chi connectivity index (χ3n) is 4.45. The van der Waals surface area contributed by atoms with Gasteiger partial charge in [-0.2, -0.15) is 0 Å². The van der Waals surface area contributed by atoms with Crippen molar-refractivity contribution in [2.45, 2.75) is 19.8 Å². The van der Waals surface area contributed by atoms with E-state index in [4.69, 9.17) is 0 Å². The summed E-state index contributed by atoms with van der Waals surface area (Å²) in [5.41, 5.74) is 4.21. The Kier molecular flexibility index (Phi) is 5.07. The Hall–Kier alpha value is -3.08. The normalized spacial score (nSPS) is 10.7. The quantitative estimate of drug-likeness (QED) is 0.741. The number of anilines is 2. The number of fused-ring (bicyclic) bond motifs is 1. The molecule has 2 aromatic carbocycles. The van der Waals surface area contributed by atoms with Gasteiger partial charge in [-0.3, -0.25) is 9.59 Å². The molecule has 2 N–H and O–H groups in total. The Morgan fingerprint density at radius 2 is 1.85 bits per heavy atom. The maximum atomic E-state index is 12.3. The summed E-state index contributed by atoms with van der Waals surface area (Å²) in [7, 11) is 3.94. The van der Waals surface area contributed by atoms with Crippen LogP contribution in [0.5, 0.6) is 0 Å². The summed E-state index contributed by atoms with van der Waals surface area (Å²) in [4.78, 5) is 29.4. The molecule has 0 aliphatic carbocycles. The van der Waals surface area contributed by atoms with Crippen LogP contribution in [0, 0.1) is 6.92 Å². The Labute approximate surface area is 152 Å². The number of para-hydroxylation sites is 1. The van der Waals surface area contributed by atoms with Crippen molar-refractivity contribution < 1.29 is 4.79 Å². The lowest BCUT2D eigenvalue weighted by atomic mass is 10.1. The van der Waals surface area contributed by atoms with Gasteiger partial charge in [0.25, 0.3) is 5.56 Å². The molecule has 1 aromatic heterocycles. The number of aromatic nitrogens is 1. The standard InChI is InChI=1S/C21H23N3O2/c1-14-5-4-6-15-13-16(21(26)23-20(14)15)7-12-19(25)22-17-8-10-18(11-9-17)24(2)3/h4-6,8-11,13H,7,12H2,1-3H3,(H,22,25)(H,23,26). The highest BCUT2D eigenvalue weighted by atomic mass is 16.1. The smallest absolute Gasteiger partial charge is 0.251 e. The second-order valence-corrected chi connectivity index (χ2v) is 6.65. The topological polar surface area (TPSA) is 65.2 Å². The molecule has 0 fully saturated rings. The van der Waals surface area contributed by atoms with Crippen LogP contribution in [0.4, 0.5) is 11.4 Å². The fraction of sp³-hybridized carbons (Fsp3) is 0.238. The van der Waals surface area contributed by atoms with Crippen molar-refractivity contribution in [1.29, 1.82) is 0 Å². The Bertz CT molecular complexity index is 988. The molecule has 0 spiro atoms. The molecule has 0 aliphatic rings. The highest BCUT2D eigenvalue weighted by molar-refractivity contribution is 5.91. The van der Waals surface area contributed by atoms with E-state index in [1.54, 1.807) is 0 Å². The number of carbonyl (C=O) groups excluding carboxylic acids is 1. The monoisotopic (exact) mass is 349 g/mol. The molecule has 26 heavy (non-hydrogen) atoms. The summed E-state index contributed by atoms with van der Waals surface area (Å²) in [6, 6.07) is 15.4. The molecule has 0 saturated carbocycles. The van der Waals surface area contributed by atoms with Gasteiger partial charge in [-0.05, 0) is 54.6 Å². The predicted molar refractivity (Wildman–Crippen MR) is 107 cm³/mol. The van der Waals surface area contributed by atoms with E-state index in [1.807, 2.05) is 74.4 Å². The van der Waals surface area contributed by atoms with Crippen molar-refractivity contribution in [1.82, 2.24) is 4.98 Å². The van der Waals surface area contributed by atoms with Gasteiger partial charge in [0, 0.05) is 37.5 Å². The van der Waals surface area contributed by atoms with Crippen LogP contribution in [0.2, 0.25) is 0 Å². The molecule has 0 aliphatic heterocycles. The van der Waals surface area contributed by atoms with Gasteiger partial charge in [0.05, 0.1) is 5.52 Å². The van der Waals surface area contributed by atoms with E-state index in [2.05, 4.69) is 10.3 Å². The largest absolute Gasteiger partial charge is 0.378 e. The van der Waals surface area contributed by atoms with Crippen molar-refractivity contribution in [2.75, 3.05) is 24.3 Å². The van der Waals surface area contributed by atoms with Gasteiger partial charge in [-0.15, -0.1) is 0 Å². The molecule has 0 unspecified atom stereocenters. The fourth-order valence-electron chi connectivity index (χ4n) is 2.93. The number of carbonyl (C=O) groups is 1. The highest BCUT2D eigenvalue weighted by Gasteiger charge is 2.08. The molecule has 1 amide bonds. The summed E-state index contributed by atoms with van der Waals surface area (Å²) in [6.07, 6.45) is 0.663. The van der Waals surface area contributed by atoms with Crippen LogP contribution in [0.1, 0.15) is 17.5 Å². The number of aromatic amines is 1. The number of rotatable bonds is 5. The number of H-pyrrole nitrogens is 1. The zero-order chi connectivity index (χ0) is 18.7. The van der Waals surface area contributed by atoms with E-state index in [0.717, 1.165) is 27.8 Å². The van der Waals surface area contributed by atoms with Crippen LogP contribution in [0.25, 0.3) is 10.9 Å². The van der Waals surface area contributed by atoms with E-state index >= 15 is 0 Å². The van der Waals surface area contributed by atoms with Crippen LogP contribution >= 0.6 is 0 Å². The minimum Gasteiger partial charge on any atom is -0.378 e. The molecule has 0 saturated heterocycles. The van der Waals surface area contributed by atoms with Gasteiger partial charge < -0.3 is 15.2 Å². The second-order valence-electron chi connectivity index (χ2n) is 6.65. The molecule has 0 radical (unpaired) electrons. The van der Waals surface area contributed by atoms with Crippen LogP contribution in [-0.4, -0.2) is 25.0 Å². The number of pyridine rings is 1. The average Bonchev–Trinajstić information content (AvgIpc) is 2.61. The third-order valence-corrected chi connectivity index (χ3v) is 4.45. The summed E-state index contributed by atoms with van der Waals surface area (Å²) in [6.45, 7) is 1.97. The molecule has 5 heteroatoms. The lowest BCUT2D eigenvalue weighted by molar-refractivity contribution is -0.116. The summed E-state index contributed by atoms with van der Waals surface area (Å²) in [5.74, 6) is -0.105. The zero-order valence-corrected chi connectivity index (χ0v) is 15.3. The van der Waals surface area contributed by atoms with Gasteiger partial charge in [0.15, 0.2) is 0 Å². The van der Waals surface area contributed by atoms with E-state index < -0.39 is 0 Å². The van der Waals surface area contributed by atoms with Gasteiger partial charge in [-0.1, -0.05) is 18.2 Å². The van der Waals surface area contributed by atoms with Crippen LogP contribution in [0.3, 0.4) is 0 Å². The Morgan fingerprint density at radius 1 is 1.12 bits per heavy atom. The molecule has 3 aromatic rings. The SMILES string of the molecule is Cc1cccc2cc(CCC(=O)Nc3ccc(N(C)C)cc3)c(=O)[nH]c12. The minimum absolute atomic E-state index is 0.105. The van der Waals surface area contributed by atoms with Crippen molar-refractivity contribution in [3.63, 3.8) is 0 Å². The number of amides is 1. The molecule has 5 nitrogen and oxygen atoms in total. The minimum atomic E-state index is -0.130. The van der Waals surface area contributed by atoms with Gasteiger partial charge in [-0.25, -0.2) is 0 Å². The van der Waals surface area contributed by atoms with E-state index in [1.165, 1.54) is 0 Å². The predicted octanol–water partition coefficient (Wildman–Crippen LogP) is 3.47. The number of hydrogen-bond acceptors (Lipinski definition) is 3. The molecule has 1 heterocycles. The van der Waals surface area contributed by atoms with E-state index in [0.29, 0.717) is 12.0 Å². The molecular formula is C21H23N3O2. The molecule has 0 atom stereocenters. The number of benzene rings is 2. The molecular weight excluding hydrogens is 326 g/mol. The van der Waals surface area contributed by atoms with Crippen LogP contribution < -0.4 is 15.8 Å². The van der Waals surface area contributed by atoms with Gasteiger partial charge >= 0.3 is 0 Å². The first-order valence-electron chi connectivity index (χ1n) is 8.63. The van der Waals surface area contributed by atoms with Crippen LogP contribution in [-0.2, 0) is 11.2 Å². The number of nitrogens with one attached hydrogen (secondary N) is 2. The first-order valence-corrected chi connectivity index (χ1v) is 8.63. The van der Waals surface area contributed by atoms with Crippen LogP contribution in [0.15, 0.2) is 53.3 Å². The van der Waals surface area contributed by atoms with E-state index in [-0.39, 0.29) is 17.9 Å². The first-order chi connectivity index (χ1) is 12.4. The number of nitrogens with zero attached hydrogens (tertiary/aromatic N) is 1. The maximum absolute atomic E-state index is 12.3. The fourth-order valence-corrected chi connectivity index (χ4v) is 2.93. The average molecular weight is 349 g/mol. The number of hydrogen-bond donors (Lipinski definition) is 2. The maximum Gasteiger partial charge on any atom is 0.251 e.